The Morgan fingerprint density at radius 2 is 0.676 bits per heavy atom. The predicted octanol–water partition coefficient (Wildman–Crippen LogP) is 8.47. The van der Waals surface area contributed by atoms with Crippen LogP contribution in [0.3, 0.4) is 0 Å². The van der Waals surface area contributed by atoms with Gasteiger partial charge in [0.05, 0.1) is 52.3 Å². The molecule has 0 saturated carbocycles. The summed E-state index contributed by atoms with van der Waals surface area (Å²) in [5, 5.41) is 14.1. The second-order valence-electron chi connectivity index (χ2n) is 17.6. The first kappa shape index (κ1) is 50.0. The monoisotopic (exact) mass is 962 g/mol. The summed E-state index contributed by atoms with van der Waals surface area (Å²) < 4.78 is 66.3. The fraction of sp³-hybridized carbons (Fsp3) is 0.351. The van der Waals surface area contributed by atoms with E-state index in [9.17, 15) is 0 Å². The quantitative estimate of drug-likeness (QED) is 0.0574. The average molecular weight is 963 g/mol. The Morgan fingerprint density at radius 1 is 0.380 bits per heavy atom. The normalized spacial score (nSPS) is 24.4. The van der Waals surface area contributed by atoms with Gasteiger partial charge < -0.3 is 47.4 Å². The van der Waals surface area contributed by atoms with Crippen LogP contribution in [-0.2, 0) is 100.0 Å². The summed E-state index contributed by atoms with van der Waals surface area (Å²) in [6.45, 7) is 1.99. The van der Waals surface area contributed by atoms with Gasteiger partial charge in [0.15, 0.2) is 18.4 Å². The molecular weight excluding hydrogens is 901 g/mol. The summed E-state index contributed by atoms with van der Waals surface area (Å²) in [5.41, 5.74) is 6.01. The molecule has 1 aromatic heterocycles. The van der Waals surface area contributed by atoms with Crippen molar-refractivity contribution in [2.75, 3.05) is 14.2 Å². The van der Waals surface area contributed by atoms with E-state index >= 15 is 0 Å². The molecule has 0 N–H and O–H groups in total. The van der Waals surface area contributed by atoms with Gasteiger partial charge in [-0.15, -0.1) is 10.2 Å². The SMILES string of the molecule is CO[C@@H]1O[C@H](Cc2nnn(C[C@H]3O[C@@H](OC)[C@H](OCc4ccccc4)[C@@H](OCc4ccccc4)[C@@H]3OCc3ccccc3)n2)[C@@H](OCc2ccccc2)[C@H](OCc2ccccc2)[C@H]1OCc1ccccc1. The Labute approximate surface area is 415 Å². The van der Waals surface area contributed by atoms with Crippen molar-refractivity contribution in [2.45, 2.75) is 114 Å². The Balaban J connectivity index is 0.987. The van der Waals surface area contributed by atoms with Gasteiger partial charge in [-0.25, -0.2) is 0 Å². The van der Waals surface area contributed by atoms with Crippen LogP contribution in [0.1, 0.15) is 39.2 Å². The molecule has 0 aliphatic carbocycles. The number of rotatable bonds is 24. The minimum absolute atomic E-state index is 0.154. The van der Waals surface area contributed by atoms with E-state index in [0.717, 1.165) is 33.4 Å². The zero-order valence-corrected chi connectivity index (χ0v) is 40.1. The van der Waals surface area contributed by atoms with Crippen molar-refractivity contribution >= 4 is 0 Å². The fourth-order valence-electron chi connectivity index (χ4n) is 8.96. The maximum absolute atomic E-state index is 6.84. The maximum atomic E-state index is 6.84. The van der Waals surface area contributed by atoms with Crippen LogP contribution in [0, 0.1) is 0 Å². The third-order valence-corrected chi connectivity index (χ3v) is 12.6. The van der Waals surface area contributed by atoms with E-state index < -0.39 is 61.4 Å². The highest BCUT2D eigenvalue weighted by molar-refractivity contribution is 5.18. The summed E-state index contributed by atoms with van der Waals surface area (Å²) in [7, 11) is 3.21. The Morgan fingerprint density at radius 3 is 1.01 bits per heavy atom. The number of ether oxygens (including phenoxy) is 10. The molecule has 6 aromatic carbocycles. The van der Waals surface area contributed by atoms with Crippen LogP contribution in [0.25, 0.3) is 0 Å². The molecule has 0 spiro atoms. The highest BCUT2D eigenvalue weighted by Crippen LogP contribution is 2.34. The third-order valence-electron chi connectivity index (χ3n) is 12.6. The fourth-order valence-corrected chi connectivity index (χ4v) is 8.96. The number of benzene rings is 6. The number of nitrogens with zero attached hydrogens (tertiary/aromatic N) is 4. The molecule has 3 heterocycles. The van der Waals surface area contributed by atoms with Crippen molar-refractivity contribution in [3.05, 3.63) is 221 Å². The van der Waals surface area contributed by atoms with Crippen LogP contribution in [-0.4, -0.2) is 95.8 Å². The lowest BCUT2D eigenvalue weighted by molar-refractivity contribution is -0.320. The van der Waals surface area contributed by atoms with Crippen LogP contribution in [0.4, 0.5) is 0 Å². The van der Waals surface area contributed by atoms with Crippen molar-refractivity contribution < 1.29 is 47.4 Å². The molecule has 10 atom stereocenters. The highest BCUT2D eigenvalue weighted by Gasteiger charge is 2.51. The van der Waals surface area contributed by atoms with Gasteiger partial charge >= 0.3 is 0 Å². The van der Waals surface area contributed by atoms with Crippen molar-refractivity contribution in [1.29, 1.82) is 0 Å². The van der Waals surface area contributed by atoms with Crippen molar-refractivity contribution in [2.24, 2.45) is 0 Å². The van der Waals surface area contributed by atoms with Crippen LogP contribution in [0.5, 0.6) is 0 Å². The largest absolute Gasteiger partial charge is 0.368 e. The first-order chi connectivity index (χ1) is 35.1. The van der Waals surface area contributed by atoms with E-state index in [1.54, 1.807) is 14.2 Å². The van der Waals surface area contributed by atoms with Crippen molar-refractivity contribution in [3.63, 3.8) is 0 Å². The van der Waals surface area contributed by atoms with Crippen LogP contribution >= 0.6 is 0 Å². The first-order valence-corrected chi connectivity index (χ1v) is 24.2. The molecule has 2 aliphatic rings. The lowest BCUT2D eigenvalue weighted by Crippen LogP contribution is -2.61. The Kier molecular flexibility index (Phi) is 18.2. The van der Waals surface area contributed by atoms with Gasteiger partial charge in [0.25, 0.3) is 0 Å². The average Bonchev–Trinajstić information content (AvgIpc) is 3.87. The number of hydrogen-bond donors (Lipinski definition) is 0. The van der Waals surface area contributed by atoms with Crippen LogP contribution < -0.4 is 0 Å². The summed E-state index contributed by atoms with van der Waals surface area (Å²) in [6.07, 6.45) is -6.61. The minimum Gasteiger partial charge on any atom is -0.368 e. The molecule has 2 saturated heterocycles. The lowest BCUT2D eigenvalue weighted by Gasteiger charge is -2.45. The third kappa shape index (κ3) is 13.9. The van der Waals surface area contributed by atoms with Gasteiger partial charge in [0, 0.05) is 20.6 Å². The molecule has 71 heavy (non-hydrogen) atoms. The molecule has 370 valence electrons. The van der Waals surface area contributed by atoms with E-state index in [0.29, 0.717) is 45.5 Å². The zero-order chi connectivity index (χ0) is 48.5. The summed E-state index contributed by atoms with van der Waals surface area (Å²) >= 11 is 0. The number of aromatic nitrogens is 4. The second-order valence-corrected chi connectivity index (χ2v) is 17.6. The topological polar surface area (TPSA) is 136 Å². The summed E-state index contributed by atoms with van der Waals surface area (Å²) in [4.78, 5) is 1.52. The standard InChI is InChI=1S/C57H62N4O10/c1-62-56-54(68-39-45-29-17-7-18-30-45)52(66-37-43-25-13-5-14-26-43)50(64-35-41-21-9-3-10-22-41)47(70-56)33-49-58-60-61(59-49)34-48-51(65-36-42-23-11-4-12-24-42)53(67-38-44-27-15-6-16-28-44)55(57(63-2)71-48)69-40-46-31-19-8-20-32-46/h3-32,47-48,50-57H,33-40H2,1-2H3/t47-,48-,50-,51-,52+,53+,54-,55-,56-,57-/m1/s1. The van der Waals surface area contributed by atoms with E-state index in [-0.39, 0.29) is 13.0 Å². The van der Waals surface area contributed by atoms with Gasteiger partial charge in [-0.1, -0.05) is 182 Å². The maximum Gasteiger partial charge on any atom is 0.186 e. The predicted molar refractivity (Wildman–Crippen MR) is 263 cm³/mol. The van der Waals surface area contributed by atoms with Gasteiger partial charge in [-0.2, -0.15) is 4.80 Å². The number of tetrazole rings is 1. The molecule has 0 radical (unpaired) electrons. The Hall–Kier alpha value is -6.01. The van der Waals surface area contributed by atoms with E-state index in [1.165, 1.54) is 4.80 Å². The Bertz CT molecular complexity index is 2390. The van der Waals surface area contributed by atoms with E-state index in [1.807, 2.05) is 182 Å². The van der Waals surface area contributed by atoms with Gasteiger partial charge in [0.2, 0.25) is 0 Å². The van der Waals surface area contributed by atoms with Gasteiger partial charge in [-0.05, 0) is 38.6 Å². The van der Waals surface area contributed by atoms with Crippen LogP contribution in [0.2, 0.25) is 0 Å². The van der Waals surface area contributed by atoms with Crippen molar-refractivity contribution in [3.8, 4) is 0 Å². The molecular formula is C57H62N4O10. The first-order valence-electron chi connectivity index (χ1n) is 24.2. The summed E-state index contributed by atoms with van der Waals surface area (Å²) in [6, 6.07) is 60.1. The zero-order valence-electron chi connectivity index (χ0n) is 40.1. The highest BCUT2D eigenvalue weighted by atomic mass is 16.7. The number of hydrogen-bond acceptors (Lipinski definition) is 13. The lowest BCUT2D eigenvalue weighted by atomic mass is 9.95. The molecule has 2 fully saturated rings. The number of methoxy groups -OCH3 is 2. The van der Waals surface area contributed by atoms with Gasteiger partial charge in [-0.3, -0.25) is 0 Å². The molecule has 0 unspecified atom stereocenters. The minimum atomic E-state index is -0.821. The molecule has 14 nitrogen and oxygen atoms in total. The van der Waals surface area contributed by atoms with E-state index in [2.05, 4.69) is 10.3 Å². The second kappa shape index (κ2) is 25.9. The summed E-state index contributed by atoms with van der Waals surface area (Å²) in [5.74, 6) is 0.422. The molecule has 0 amide bonds. The molecule has 9 rings (SSSR count). The van der Waals surface area contributed by atoms with E-state index in [4.69, 9.17) is 52.5 Å². The van der Waals surface area contributed by atoms with Crippen molar-refractivity contribution in [1.82, 2.24) is 20.2 Å². The van der Waals surface area contributed by atoms with Crippen LogP contribution in [0.15, 0.2) is 182 Å². The smallest absolute Gasteiger partial charge is 0.186 e. The molecule has 0 bridgehead atoms. The van der Waals surface area contributed by atoms with Gasteiger partial charge in [0.1, 0.15) is 42.7 Å². The molecule has 2 aliphatic heterocycles. The molecule has 14 heteroatoms. The molecule has 7 aromatic rings.